The Morgan fingerprint density at radius 2 is 1.79 bits per heavy atom. The van der Waals surface area contributed by atoms with Gasteiger partial charge in [-0.2, -0.15) is 0 Å². The highest BCUT2D eigenvalue weighted by Gasteiger charge is 2.60. The van der Waals surface area contributed by atoms with Crippen LogP contribution in [-0.4, -0.2) is 12.5 Å². The number of hydrogen-bond acceptors (Lipinski definition) is 1. The Labute approximate surface area is 180 Å². The summed E-state index contributed by atoms with van der Waals surface area (Å²) in [5, 5.41) is 3.01. The maximum absolute atomic E-state index is 12.1. The van der Waals surface area contributed by atoms with E-state index in [-0.39, 0.29) is 5.91 Å². The van der Waals surface area contributed by atoms with E-state index in [9.17, 15) is 4.79 Å². The normalized spacial score (nSPS) is 45.0. The molecule has 4 fully saturated rings. The van der Waals surface area contributed by atoms with Crippen LogP contribution in [0.1, 0.15) is 104 Å². The van der Waals surface area contributed by atoms with Crippen molar-refractivity contribution < 1.29 is 4.79 Å². The van der Waals surface area contributed by atoms with Gasteiger partial charge in [0.25, 0.3) is 0 Å². The Kier molecular flexibility index (Phi) is 6.39. The van der Waals surface area contributed by atoms with Gasteiger partial charge in [-0.1, -0.05) is 40.5 Å². The van der Waals surface area contributed by atoms with Crippen LogP contribution in [0.15, 0.2) is 0 Å². The Hall–Kier alpha value is -0.530. The summed E-state index contributed by atoms with van der Waals surface area (Å²) in [4.78, 5) is 12.1. The van der Waals surface area contributed by atoms with E-state index in [0.717, 1.165) is 49.0 Å². The van der Waals surface area contributed by atoms with E-state index in [1.165, 1.54) is 64.2 Å². The lowest BCUT2D eigenvalue weighted by Crippen LogP contribution is -2.53. The van der Waals surface area contributed by atoms with Crippen LogP contribution in [0.25, 0.3) is 0 Å². The quantitative estimate of drug-likeness (QED) is 0.522. The Morgan fingerprint density at radius 1 is 1.00 bits per heavy atom. The summed E-state index contributed by atoms with van der Waals surface area (Å²) in [6.45, 7) is 12.3. The zero-order valence-corrected chi connectivity index (χ0v) is 19.5. The maximum Gasteiger partial charge on any atom is 0.220 e. The molecule has 0 heterocycles. The molecule has 1 N–H and O–H groups in total. The Bertz CT molecular complexity index is 587. The van der Waals surface area contributed by atoms with Gasteiger partial charge in [0.15, 0.2) is 0 Å². The second kappa shape index (κ2) is 8.54. The number of fused-ring (bicyclic) bond motifs is 5. The number of hydrogen-bond donors (Lipinski definition) is 1. The molecule has 1 radical (unpaired) electrons. The van der Waals surface area contributed by atoms with E-state index in [4.69, 9.17) is 0 Å². The highest BCUT2D eigenvalue weighted by atomic mass is 16.1. The summed E-state index contributed by atoms with van der Waals surface area (Å²) in [6, 6.07) is 0. The first-order chi connectivity index (χ1) is 13.9. The molecule has 2 nitrogen and oxygen atoms in total. The summed E-state index contributed by atoms with van der Waals surface area (Å²) < 4.78 is 0. The van der Waals surface area contributed by atoms with Gasteiger partial charge in [-0.25, -0.2) is 0 Å². The van der Waals surface area contributed by atoms with Crippen LogP contribution in [0, 0.1) is 53.3 Å². The predicted molar refractivity (Wildman–Crippen MR) is 121 cm³/mol. The molecule has 1 amide bonds. The molecule has 0 aromatic heterocycles. The van der Waals surface area contributed by atoms with E-state index in [0.29, 0.717) is 23.2 Å². The molecular formula is C27H46NO. The minimum atomic E-state index is 0.229. The van der Waals surface area contributed by atoms with E-state index in [1.54, 1.807) is 0 Å². The molecular weight excluding hydrogens is 354 g/mol. The van der Waals surface area contributed by atoms with Gasteiger partial charge in [0.2, 0.25) is 5.91 Å². The molecule has 0 bridgehead atoms. The van der Waals surface area contributed by atoms with Gasteiger partial charge in [0.05, 0.1) is 0 Å². The van der Waals surface area contributed by atoms with Crippen molar-refractivity contribution in [2.75, 3.05) is 6.54 Å². The third-order valence-electron chi connectivity index (χ3n) is 10.7. The van der Waals surface area contributed by atoms with Gasteiger partial charge in [-0.15, -0.1) is 0 Å². The fourth-order valence-electron chi connectivity index (χ4n) is 9.15. The third kappa shape index (κ3) is 3.80. The molecule has 0 saturated heterocycles. The van der Waals surface area contributed by atoms with E-state index in [1.807, 2.05) is 0 Å². The second-order valence-corrected chi connectivity index (χ2v) is 11.9. The van der Waals surface area contributed by atoms with Gasteiger partial charge in [0.1, 0.15) is 0 Å². The number of carbonyl (C=O) groups is 1. The highest BCUT2D eigenvalue weighted by Crippen LogP contribution is 2.68. The second-order valence-electron chi connectivity index (χ2n) is 11.9. The summed E-state index contributed by atoms with van der Waals surface area (Å²) in [6.07, 6.45) is 17.3. The lowest BCUT2D eigenvalue weighted by molar-refractivity contribution is -0.122. The molecule has 4 aliphatic rings. The molecule has 8 atom stereocenters. The molecule has 4 saturated carbocycles. The zero-order chi connectivity index (χ0) is 20.6. The van der Waals surface area contributed by atoms with Crippen LogP contribution in [0.4, 0.5) is 0 Å². The van der Waals surface area contributed by atoms with Crippen molar-refractivity contribution in [3.8, 4) is 0 Å². The van der Waals surface area contributed by atoms with Crippen molar-refractivity contribution in [3.05, 3.63) is 6.92 Å². The van der Waals surface area contributed by atoms with Crippen molar-refractivity contribution in [3.63, 3.8) is 0 Å². The van der Waals surface area contributed by atoms with Crippen molar-refractivity contribution in [2.45, 2.75) is 104 Å². The molecule has 0 aromatic carbocycles. The summed E-state index contributed by atoms with van der Waals surface area (Å²) >= 11 is 0. The summed E-state index contributed by atoms with van der Waals surface area (Å²) in [5.41, 5.74) is 1.18. The predicted octanol–water partition coefficient (Wildman–Crippen LogP) is 6.79. The Balaban J connectivity index is 1.42. The molecule has 4 aliphatic carbocycles. The fourth-order valence-corrected chi connectivity index (χ4v) is 9.15. The lowest BCUT2D eigenvalue weighted by Gasteiger charge is -2.61. The fraction of sp³-hybridized carbons (Fsp3) is 0.926. The monoisotopic (exact) mass is 400 g/mol. The average Bonchev–Trinajstić information content (AvgIpc) is 3.07. The number of nitrogens with one attached hydrogen (secondary N) is 1. The van der Waals surface area contributed by atoms with Crippen LogP contribution in [-0.2, 0) is 4.79 Å². The van der Waals surface area contributed by atoms with Crippen molar-refractivity contribution >= 4 is 5.91 Å². The Morgan fingerprint density at radius 3 is 2.59 bits per heavy atom. The van der Waals surface area contributed by atoms with Crippen LogP contribution in [0.2, 0.25) is 0 Å². The number of amides is 1. The largest absolute Gasteiger partial charge is 0.356 e. The molecule has 29 heavy (non-hydrogen) atoms. The van der Waals surface area contributed by atoms with Crippen molar-refractivity contribution in [1.29, 1.82) is 0 Å². The molecule has 0 spiro atoms. The maximum atomic E-state index is 12.1. The number of rotatable bonds is 6. The first-order valence-corrected chi connectivity index (χ1v) is 13.0. The van der Waals surface area contributed by atoms with Crippen molar-refractivity contribution in [2.24, 2.45) is 46.3 Å². The average molecular weight is 401 g/mol. The van der Waals surface area contributed by atoms with Crippen LogP contribution in [0.3, 0.4) is 0 Å². The molecule has 0 aromatic rings. The number of carbonyl (C=O) groups excluding carboxylic acids is 1. The first kappa shape index (κ1) is 21.7. The van der Waals surface area contributed by atoms with Gasteiger partial charge in [0, 0.05) is 13.0 Å². The van der Waals surface area contributed by atoms with Gasteiger partial charge in [-0.05, 0) is 111 Å². The van der Waals surface area contributed by atoms with E-state index in [2.05, 4.69) is 33.0 Å². The van der Waals surface area contributed by atoms with Crippen LogP contribution >= 0.6 is 0 Å². The van der Waals surface area contributed by atoms with E-state index < -0.39 is 0 Å². The minimum Gasteiger partial charge on any atom is -0.356 e. The molecule has 4 rings (SSSR count). The van der Waals surface area contributed by atoms with Crippen molar-refractivity contribution in [1.82, 2.24) is 5.32 Å². The first-order valence-electron chi connectivity index (χ1n) is 13.0. The zero-order valence-electron chi connectivity index (χ0n) is 19.5. The minimum absolute atomic E-state index is 0.229. The standard InChI is InChI=1S/C27H46NO/c1-5-18-28-25(29)14-9-19(2)22-12-13-23-21-11-10-20-8-6-7-16-26(20,3)24(21)15-17-27(22,23)4/h19-24H,1,5-18H2,2-4H3,(H,28,29)/t19-,20?,21?,22-,23?,24?,26+,27-/m1/s1. The highest BCUT2D eigenvalue weighted by molar-refractivity contribution is 5.75. The van der Waals surface area contributed by atoms with Gasteiger partial charge < -0.3 is 5.32 Å². The smallest absolute Gasteiger partial charge is 0.220 e. The van der Waals surface area contributed by atoms with Gasteiger partial charge >= 0.3 is 0 Å². The SMILES string of the molecule is [CH2]CCNC(=O)CC[C@@H](C)[C@H]1CCC2C3CCC4CCCC[C@]4(C)C3CC[C@@]21C. The summed E-state index contributed by atoms with van der Waals surface area (Å²) in [5.74, 6) is 5.70. The molecule has 0 aliphatic heterocycles. The lowest BCUT2D eigenvalue weighted by atomic mass is 9.44. The molecule has 165 valence electrons. The summed E-state index contributed by atoms with van der Waals surface area (Å²) in [7, 11) is 0. The molecule has 4 unspecified atom stereocenters. The molecule has 2 heteroatoms. The van der Waals surface area contributed by atoms with Crippen LogP contribution < -0.4 is 5.32 Å². The van der Waals surface area contributed by atoms with Crippen LogP contribution in [0.5, 0.6) is 0 Å². The third-order valence-corrected chi connectivity index (χ3v) is 10.7. The topological polar surface area (TPSA) is 29.1 Å². The van der Waals surface area contributed by atoms with Gasteiger partial charge in [-0.3, -0.25) is 4.79 Å². The van der Waals surface area contributed by atoms with E-state index >= 15 is 0 Å².